The van der Waals surface area contributed by atoms with Crippen LogP contribution in [0.3, 0.4) is 0 Å². The van der Waals surface area contributed by atoms with Gasteiger partial charge in [-0.15, -0.1) is 24.0 Å². The van der Waals surface area contributed by atoms with E-state index in [1.165, 1.54) is 5.56 Å². The van der Waals surface area contributed by atoms with Crippen molar-refractivity contribution in [2.45, 2.75) is 44.9 Å². The second-order valence-electron chi connectivity index (χ2n) is 7.86. The lowest BCUT2D eigenvalue weighted by molar-refractivity contribution is -0.120. The van der Waals surface area contributed by atoms with Crippen LogP contribution in [0.25, 0.3) is 0 Å². The average molecular weight is 535 g/mol. The van der Waals surface area contributed by atoms with Gasteiger partial charge in [-0.1, -0.05) is 60.7 Å². The van der Waals surface area contributed by atoms with Crippen LogP contribution in [0.5, 0.6) is 0 Å². The maximum atomic E-state index is 12.1. The van der Waals surface area contributed by atoms with Gasteiger partial charge in [-0.3, -0.25) is 14.7 Å². The molecule has 0 saturated carbocycles. The average Bonchev–Trinajstić information content (AvgIpc) is 2.78. The quantitative estimate of drug-likeness (QED) is 0.290. The zero-order valence-electron chi connectivity index (χ0n) is 18.4. The minimum Gasteiger partial charge on any atom is -0.354 e. The van der Waals surface area contributed by atoms with Gasteiger partial charge in [0.1, 0.15) is 0 Å². The van der Waals surface area contributed by atoms with E-state index < -0.39 is 0 Å². The summed E-state index contributed by atoms with van der Waals surface area (Å²) >= 11 is 0. The van der Waals surface area contributed by atoms with E-state index >= 15 is 0 Å². The van der Waals surface area contributed by atoms with Gasteiger partial charge in [0.15, 0.2) is 5.96 Å². The van der Waals surface area contributed by atoms with Crippen LogP contribution in [-0.2, 0) is 17.9 Å². The maximum Gasteiger partial charge on any atom is 0.239 e. The van der Waals surface area contributed by atoms with Gasteiger partial charge in [0.2, 0.25) is 5.91 Å². The normalized spacial score (nSPS) is 19.2. The molecule has 168 valence electrons. The highest BCUT2D eigenvalue weighted by Crippen LogP contribution is 2.19. The lowest BCUT2D eigenvalue weighted by Gasteiger charge is -2.38. The molecule has 1 heterocycles. The highest BCUT2D eigenvalue weighted by Gasteiger charge is 2.26. The Kier molecular flexibility index (Phi) is 10.8. The number of aliphatic imine (C=N–C) groups is 1. The molecule has 0 aromatic heterocycles. The molecule has 3 N–H and O–H groups in total. The number of hydrogen-bond donors (Lipinski definition) is 3. The Morgan fingerprint density at radius 1 is 1.03 bits per heavy atom. The molecule has 2 aromatic rings. The molecule has 2 aromatic carbocycles. The molecule has 0 spiro atoms. The Morgan fingerprint density at radius 3 is 2.29 bits per heavy atom. The van der Waals surface area contributed by atoms with E-state index in [1.54, 1.807) is 7.05 Å². The molecule has 2 unspecified atom stereocenters. The summed E-state index contributed by atoms with van der Waals surface area (Å²) in [5.41, 5.74) is 2.44. The fraction of sp³-hybridized carbons (Fsp3) is 0.417. The first-order valence-corrected chi connectivity index (χ1v) is 10.7. The summed E-state index contributed by atoms with van der Waals surface area (Å²) in [6.07, 6.45) is 2.10. The molecule has 1 saturated heterocycles. The number of nitrogens with zero attached hydrogens (tertiary/aromatic N) is 2. The second kappa shape index (κ2) is 13.3. The molecule has 6 nitrogen and oxygen atoms in total. The summed E-state index contributed by atoms with van der Waals surface area (Å²) in [6, 6.07) is 21.4. The maximum absolute atomic E-state index is 12.1. The Hall–Kier alpha value is -2.13. The molecule has 0 aliphatic carbocycles. The van der Waals surface area contributed by atoms with Crippen LogP contribution >= 0.6 is 24.0 Å². The van der Waals surface area contributed by atoms with Gasteiger partial charge in [-0.25, -0.2) is 0 Å². The fourth-order valence-electron chi connectivity index (χ4n) is 3.82. The summed E-state index contributed by atoms with van der Waals surface area (Å²) in [7, 11) is 1.74. The Balaban J connectivity index is 0.00000341. The number of amides is 1. The first-order valence-electron chi connectivity index (χ1n) is 10.7. The van der Waals surface area contributed by atoms with E-state index in [1.807, 2.05) is 30.3 Å². The number of benzene rings is 2. The van der Waals surface area contributed by atoms with Crippen molar-refractivity contribution in [1.29, 1.82) is 0 Å². The predicted molar refractivity (Wildman–Crippen MR) is 138 cm³/mol. The van der Waals surface area contributed by atoms with Crippen molar-refractivity contribution in [2.24, 2.45) is 4.99 Å². The molecule has 7 heteroatoms. The number of piperidine rings is 1. The van der Waals surface area contributed by atoms with Gasteiger partial charge in [-0.05, 0) is 30.9 Å². The monoisotopic (exact) mass is 535 g/mol. The Morgan fingerprint density at radius 2 is 1.68 bits per heavy atom. The molecule has 31 heavy (non-hydrogen) atoms. The molecule has 1 fully saturated rings. The van der Waals surface area contributed by atoms with Gasteiger partial charge >= 0.3 is 0 Å². The fourth-order valence-corrected chi connectivity index (χ4v) is 3.82. The van der Waals surface area contributed by atoms with Crippen molar-refractivity contribution >= 4 is 35.8 Å². The van der Waals surface area contributed by atoms with E-state index in [4.69, 9.17) is 0 Å². The van der Waals surface area contributed by atoms with Gasteiger partial charge in [0.25, 0.3) is 0 Å². The summed E-state index contributed by atoms with van der Waals surface area (Å²) in [5, 5.41) is 9.54. The highest BCUT2D eigenvalue weighted by atomic mass is 127. The van der Waals surface area contributed by atoms with E-state index in [0.717, 1.165) is 31.5 Å². The number of guanidine groups is 1. The van der Waals surface area contributed by atoms with Crippen LogP contribution < -0.4 is 16.0 Å². The molecule has 1 amide bonds. The third-order valence-electron chi connectivity index (χ3n) is 5.56. The van der Waals surface area contributed by atoms with Gasteiger partial charge < -0.3 is 16.0 Å². The van der Waals surface area contributed by atoms with E-state index in [9.17, 15) is 4.79 Å². The largest absolute Gasteiger partial charge is 0.354 e. The Bertz CT molecular complexity index is 815. The van der Waals surface area contributed by atoms with Crippen molar-refractivity contribution in [2.75, 3.05) is 20.1 Å². The summed E-state index contributed by atoms with van der Waals surface area (Å²) in [4.78, 5) is 18.9. The number of carbonyl (C=O) groups excluding carboxylic acids is 1. The number of rotatable bonds is 7. The SMILES string of the molecule is CN=C(NCC(=O)NCc1ccccc1)NC1CCN(Cc2ccccc2)C(C)C1.I. The predicted octanol–water partition coefficient (Wildman–Crippen LogP) is 3.14. The van der Waals surface area contributed by atoms with Crippen molar-refractivity contribution in [3.8, 4) is 0 Å². The van der Waals surface area contributed by atoms with Crippen LogP contribution in [0.15, 0.2) is 65.7 Å². The number of halogens is 1. The third-order valence-corrected chi connectivity index (χ3v) is 5.56. The number of likely N-dealkylation sites (tertiary alicyclic amines) is 1. The number of carbonyl (C=O) groups is 1. The molecule has 1 aliphatic heterocycles. The lowest BCUT2D eigenvalue weighted by Crippen LogP contribution is -2.52. The standard InChI is InChI=1S/C24H33N5O.HI/c1-19-15-22(13-14-29(19)18-21-11-7-4-8-12-21)28-24(25-2)27-17-23(30)26-16-20-9-5-3-6-10-20;/h3-12,19,22H,13-18H2,1-2H3,(H,26,30)(H2,25,27,28);1H. The van der Waals surface area contributed by atoms with Crippen LogP contribution in [-0.4, -0.2) is 49.0 Å². The topological polar surface area (TPSA) is 68.8 Å². The molecule has 0 radical (unpaired) electrons. The van der Waals surface area contributed by atoms with Crippen molar-refractivity contribution < 1.29 is 4.79 Å². The third kappa shape index (κ3) is 8.49. The highest BCUT2D eigenvalue weighted by molar-refractivity contribution is 14.0. The minimum atomic E-state index is -0.0483. The molecular weight excluding hydrogens is 501 g/mol. The van der Waals surface area contributed by atoms with Gasteiger partial charge in [0.05, 0.1) is 6.54 Å². The number of hydrogen-bond acceptors (Lipinski definition) is 3. The summed E-state index contributed by atoms with van der Waals surface area (Å²) in [5.74, 6) is 0.631. The van der Waals surface area contributed by atoms with Gasteiger partial charge in [-0.2, -0.15) is 0 Å². The Labute approximate surface area is 202 Å². The van der Waals surface area contributed by atoms with Crippen molar-refractivity contribution in [3.63, 3.8) is 0 Å². The molecule has 0 bridgehead atoms. The van der Waals surface area contributed by atoms with E-state index in [2.05, 4.69) is 63.1 Å². The van der Waals surface area contributed by atoms with Crippen LogP contribution in [0.4, 0.5) is 0 Å². The summed E-state index contributed by atoms with van der Waals surface area (Å²) < 4.78 is 0. The minimum absolute atomic E-state index is 0. The number of nitrogens with one attached hydrogen (secondary N) is 3. The van der Waals surface area contributed by atoms with Crippen molar-refractivity contribution in [1.82, 2.24) is 20.9 Å². The molecule has 2 atom stereocenters. The lowest BCUT2D eigenvalue weighted by atomic mass is 9.97. The molecule has 3 rings (SSSR count). The van der Waals surface area contributed by atoms with Crippen LogP contribution in [0.2, 0.25) is 0 Å². The van der Waals surface area contributed by atoms with Crippen molar-refractivity contribution in [3.05, 3.63) is 71.8 Å². The van der Waals surface area contributed by atoms with Gasteiger partial charge in [0, 0.05) is 38.8 Å². The first kappa shape index (κ1) is 25.1. The zero-order valence-corrected chi connectivity index (χ0v) is 20.7. The molecule has 1 aliphatic rings. The van der Waals surface area contributed by atoms with E-state index in [0.29, 0.717) is 24.6 Å². The van der Waals surface area contributed by atoms with E-state index in [-0.39, 0.29) is 36.4 Å². The zero-order chi connectivity index (χ0) is 21.2. The second-order valence-corrected chi connectivity index (χ2v) is 7.86. The molecular formula is C24H34IN5O. The van der Waals surface area contributed by atoms with Crippen LogP contribution in [0, 0.1) is 0 Å². The smallest absolute Gasteiger partial charge is 0.239 e. The first-order chi connectivity index (χ1) is 14.6. The van der Waals surface area contributed by atoms with Crippen LogP contribution in [0.1, 0.15) is 30.9 Å². The summed E-state index contributed by atoms with van der Waals surface area (Å²) in [6.45, 7) is 5.05.